The number of aryl methyl sites for hydroxylation is 7. The van der Waals surface area contributed by atoms with Gasteiger partial charge in [-0.25, -0.2) is 14.5 Å². The lowest BCUT2D eigenvalue weighted by Gasteiger charge is -2.11. The fraction of sp³-hybridized carbons (Fsp3) is 0.225. The Morgan fingerprint density at radius 2 is 1.21 bits per heavy atom. The van der Waals surface area contributed by atoms with Crippen molar-refractivity contribution < 1.29 is 0 Å². The molecule has 3 aromatic heterocycles. The average Bonchev–Trinajstić information content (AvgIpc) is 3.77. The first-order valence-corrected chi connectivity index (χ1v) is 16.1. The standard InChI is InChI=1S/C20H20N4.C20H20N2.ClH/c1-13-5-6-18(11-14(13)2)16-7-9-17(10-8-16)19-12-24-20(21-19)23(4)15(3)22-24;1-15-5-4-6-18(13-15)16-8-10-17(11-9-16)19-14-22-12-3-2-7-20(22)21-19;/h5-12H,1-4H3;4-6,8-11,13-14H,2-3,7,12H2,1H3;1H. The molecule has 1 aliphatic rings. The molecule has 8 rings (SSSR count). The molecule has 47 heavy (non-hydrogen) atoms. The summed E-state index contributed by atoms with van der Waals surface area (Å²) in [6, 6.07) is 32.5. The zero-order chi connectivity index (χ0) is 31.8. The topological polar surface area (TPSA) is 52.9 Å². The number of benzene rings is 4. The van der Waals surface area contributed by atoms with Crippen molar-refractivity contribution in [1.29, 1.82) is 0 Å². The minimum atomic E-state index is 0. The summed E-state index contributed by atoms with van der Waals surface area (Å²) in [4.78, 5) is 9.50. The SMILES string of the molecule is Cc1ccc(-c2ccc(-c3cn4nc(C)n(C)c4n3)cc2)cc1C.Cc1cccc(-c2ccc(-c3cn4c(n3)CCCC4)cc2)c1.Cl. The van der Waals surface area contributed by atoms with E-state index in [9.17, 15) is 0 Å². The monoisotopic (exact) mass is 640 g/mol. The molecule has 0 saturated carbocycles. The molecule has 7 heteroatoms. The van der Waals surface area contributed by atoms with Crippen molar-refractivity contribution in [3.8, 4) is 44.8 Å². The second-order valence-electron chi connectivity index (χ2n) is 12.5. The first kappa shape index (κ1) is 32.0. The van der Waals surface area contributed by atoms with E-state index in [0.717, 1.165) is 41.5 Å². The van der Waals surface area contributed by atoms with E-state index < -0.39 is 0 Å². The lowest BCUT2D eigenvalue weighted by molar-refractivity contribution is 0.522. The second-order valence-corrected chi connectivity index (χ2v) is 12.5. The quantitative estimate of drug-likeness (QED) is 0.192. The van der Waals surface area contributed by atoms with Gasteiger partial charge < -0.3 is 9.13 Å². The van der Waals surface area contributed by atoms with Crippen molar-refractivity contribution >= 4 is 18.2 Å². The molecule has 1 aliphatic heterocycles. The molecule has 0 spiro atoms. The Hall–Kier alpha value is -4.94. The van der Waals surface area contributed by atoms with E-state index in [-0.39, 0.29) is 12.4 Å². The largest absolute Gasteiger partial charge is 0.334 e. The van der Waals surface area contributed by atoms with Crippen molar-refractivity contribution in [2.45, 2.75) is 53.5 Å². The van der Waals surface area contributed by atoms with Gasteiger partial charge in [-0.3, -0.25) is 0 Å². The van der Waals surface area contributed by atoms with E-state index in [1.54, 1.807) is 0 Å². The van der Waals surface area contributed by atoms with Gasteiger partial charge in [-0.2, -0.15) is 5.10 Å². The summed E-state index contributed by atoms with van der Waals surface area (Å²) in [5.74, 6) is 3.05. The molecule has 7 aromatic rings. The van der Waals surface area contributed by atoms with Gasteiger partial charge >= 0.3 is 0 Å². The number of nitrogens with zero attached hydrogens (tertiary/aromatic N) is 6. The summed E-state index contributed by atoms with van der Waals surface area (Å²) in [7, 11) is 1.98. The highest BCUT2D eigenvalue weighted by Crippen LogP contribution is 2.28. The minimum absolute atomic E-state index is 0. The Bertz CT molecular complexity index is 2120. The van der Waals surface area contributed by atoms with Gasteiger partial charge in [0.15, 0.2) is 0 Å². The van der Waals surface area contributed by atoms with Crippen molar-refractivity contribution in [3.63, 3.8) is 0 Å². The molecule has 0 fully saturated rings. The predicted octanol–water partition coefficient (Wildman–Crippen LogP) is 9.61. The van der Waals surface area contributed by atoms with Crippen LogP contribution in [0.4, 0.5) is 0 Å². The van der Waals surface area contributed by atoms with Crippen LogP contribution < -0.4 is 0 Å². The lowest BCUT2D eigenvalue weighted by atomic mass is 9.99. The van der Waals surface area contributed by atoms with Gasteiger partial charge in [0.05, 0.1) is 17.6 Å². The summed E-state index contributed by atoms with van der Waals surface area (Å²) in [6.07, 6.45) is 7.84. The number of aromatic nitrogens is 6. The van der Waals surface area contributed by atoms with Gasteiger partial charge in [-0.15, -0.1) is 12.4 Å². The third kappa shape index (κ3) is 6.65. The number of rotatable bonds is 4. The first-order valence-electron chi connectivity index (χ1n) is 16.1. The highest BCUT2D eigenvalue weighted by atomic mass is 35.5. The van der Waals surface area contributed by atoms with E-state index in [4.69, 9.17) is 9.97 Å². The highest BCUT2D eigenvalue weighted by molar-refractivity contribution is 5.85. The molecular formula is C40H41ClN6. The molecule has 0 bridgehead atoms. The van der Waals surface area contributed by atoms with E-state index in [1.165, 1.54) is 63.2 Å². The highest BCUT2D eigenvalue weighted by Gasteiger charge is 2.14. The van der Waals surface area contributed by atoms with E-state index in [0.29, 0.717) is 0 Å². The number of hydrogen-bond acceptors (Lipinski definition) is 3. The van der Waals surface area contributed by atoms with Crippen LogP contribution in [0.15, 0.2) is 103 Å². The van der Waals surface area contributed by atoms with Crippen LogP contribution in [-0.2, 0) is 20.0 Å². The molecule has 4 aromatic carbocycles. The fourth-order valence-electron chi connectivity index (χ4n) is 6.13. The Balaban J connectivity index is 0.000000161. The molecule has 238 valence electrons. The third-order valence-electron chi connectivity index (χ3n) is 9.17. The summed E-state index contributed by atoms with van der Waals surface area (Å²) in [5.41, 5.74) is 13.3. The molecule has 4 heterocycles. The smallest absolute Gasteiger partial charge is 0.232 e. The Kier molecular flexibility index (Phi) is 9.15. The third-order valence-corrected chi connectivity index (χ3v) is 9.17. The summed E-state index contributed by atoms with van der Waals surface area (Å²) in [6.45, 7) is 9.52. The van der Waals surface area contributed by atoms with Crippen LogP contribution >= 0.6 is 12.4 Å². The number of hydrogen-bond donors (Lipinski definition) is 0. The van der Waals surface area contributed by atoms with Gasteiger partial charge in [-0.05, 0) is 73.9 Å². The number of imidazole rings is 2. The van der Waals surface area contributed by atoms with Gasteiger partial charge in [0.1, 0.15) is 11.6 Å². The molecular weight excluding hydrogens is 600 g/mol. The van der Waals surface area contributed by atoms with E-state index >= 15 is 0 Å². The molecule has 0 aliphatic carbocycles. The summed E-state index contributed by atoms with van der Waals surface area (Å²) in [5, 5.41) is 4.46. The Morgan fingerprint density at radius 3 is 1.83 bits per heavy atom. The van der Waals surface area contributed by atoms with Gasteiger partial charge in [-0.1, -0.05) is 96.6 Å². The van der Waals surface area contributed by atoms with Crippen LogP contribution in [0, 0.1) is 27.7 Å². The van der Waals surface area contributed by atoms with Crippen molar-refractivity contribution in [3.05, 3.63) is 132 Å². The molecule has 0 N–H and O–H groups in total. The van der Waals surface area contributed by atoms with Crippen molar-refractivity contribution in [2.24, 2.45) is 7.05 Å². The molecule has 0 amide bonds. The Labute approximate surface area is 283 Å². The summed E-state index contributed by atoms with van der Waals surface area (Å²) >= 11 is 0. The van der Waals surface area contributed by atoms with Crippen molar-refractivity contribution in [1.82, 2.24) is 28.7 Å². The van der Waals surface area contributed by atoms with E-state index in [2.05, 4.69) is 128 Å². The maximum Gasteiger partial charge on any atom is 0.232 e. The molecule has 0 atom stereocenters. The van der Waals surface area contributed by atoms with E-state index in [1.807, 2.05) is 29.3 Å². The van der Waals surface area contributed by atoms with Crippen LogP contribution in [0.25, 0.3) is 50.5 Å². The predicted molar refractivity (Wildman–Crippen MR) is 195 cm³/mol. The minimum Gasteiger partial charge on any atom is -0.334 e. The van der Waals surface area contributed by atoms with Crippen LogP contribution in [0.1, 0.15) is 41.2 Å². The molecule has 0 unspecified atom stereocenters. The van der Waals surface area contributed by atoms with Crippen LogP contribution in [0.3, 0.4) is 0 Å². The normalized spacial score (nSPS) is 12.3. The van der Waals surface area contributed by atoms with Crippen LogP contribution in [-0.4, -0.2) is 28.7 Å². The zero-order valence-corrected chi connectivity index (χ0v) is 28.6. The number of fused-ring (bicyclic) bond motifs is 2. The van der Waals surface area contributed by atoms with Crippen LogP contribution in [0.5, 0.6) is 0 Å². The molecule has 0 saturated heterocycles. The van der Waals surface area contributed by atoms with Crippen LogP contribution in [0.2, 0.25) is 0 Å². The second kappa shape index (κ2) is 13.4. The van der Waals surface area contributed by atoms with Crippen molar-refractivity contribution in [2.75, 3.05) is 0 Å². The lowest BCUT2D eigenvalue weighted by Crippen LogP contribution is -2.08. The van der Waals surface area contributed by atoms with Gasteiger partial charge in [0, 0.05) is 37.3 Å². The Morgan fingerprint density at radius 1 is 0.596 bits per heavy atom. The maximum absolute atomic E-state index is 4.80. The molecule has 6 nitrogen and oxygen atoms in total. The zero-order valence-electron chi connectivity index (χ0n) is 27.7. The first-order chi connectivity index (χ1) is 22.3. The number of halogens is 1. The molecule has 0 radical (unpaired) electrons. The van der Waals surface area contributed by atoms with Gasteiger partial charge in [0.25, 0.3) is 0 Å². The van der Waals surface area contributed by atoms with Gasteiger partial charge in [0.2, 0.25) is 5.78 Å². The summed E-state index contributed by atoms with van der Waals surface area (Å²) < 4.78 is 6.14. The fourth-order valence-corrected chi connectivity index (χ4v) is 6.13. The average molecular weight is 641 g/mol. The maximum atomic E-state index is 4.80.